The highest BCUT2D eigenvalue weighted by Gasteiger charge is 2.06. The van der Waals surface area contributed by atoms with Gasteiger partial charge in [-0.2, -0.15) is 4.98 Å². The molecular weight excluding hydrogens is 216 g/mol. The Morgan fingerprint density at radius 1 is 1.29 bits per heavy atom. The Bertz CT molecular complexity index is 627. The van der Waals surface area contributed by atoms with Crippen LogP contribution in [0.4, 0.5) is 0 Å². The quantitative estimate of drug-likeness (QED) is 0.738. The third-order valence-corrected chi connectivity index (χ3v) is 2.84. The molecule has 0 unspecified atom stereocenters. The van der Waals surface area contributed by atoms with Gasteiger partial charge in [-0.3, -0.25) is 0 Å². The zero-order valence-electron chi connectivity index (χ0n) is 9.21. The average Bonchev–Trinajstić information content (AvgIpc) is 2.99. The monoisotopic (exact) mass is 228 g/mol. The minimum absolute atomic E-state index is 0.545. The van der Waals surface area contributed by atoms with Gasteiger partial charge in [0, 0.05) is 23.6 Å². The lowest BCUT2D eigenvalue weighted by atomic mass is 10.1. The molecule has 5 nitrogen and oxygen atoms in total. The maximum absolute atomic E-state index is 5.71. The summed E-state index contributed by atoms with van der Waals surface area (Å²) in [5.41, 5.74) is 8.00. The van der Waals surface area contributed by atoms with Gasteiger partial charge in [0.2, 0.25) is 6.39 Å². The van der Waals surface area contributed by atoms with Crippen molar-refractivity contribution in [2.45, 2.75) is 13.1 Å². The molecule has 2 N–H and O–H groups in total. The van der Waals surface area contributed by atoms with Crippen molar-refractivity contribution in [1.82, 2.24) is 14.7 Å². The van der Waals surface area contributed by atoms with Gasteiger partial charge in [0.1, 0.15) is 0 Å². The molecule has 0 atom stereocenters. The van der Waals surface area contributed by atoms with Crippen LogP contribution < -0.4 is 5.73 Å². The Balaban J connectivity index is 2.06. The number of nitrogens with zero attached hydrogens (tertiary/aromatic N) is 3. The molecule has 3 rings (SSSR count). The third kappa shape index (κ3) is 1.70. The van der Waals surface area contributed by atoms with Crippen molar-refractivity contribution in [3.8, 4) is 0 Å². The van der Waals surface area contributed by atoms with E-state index in [0.717, 1.165) is 11.1 Å². The van der Waals surface area contributed by atoms with Gasteiger partial charge < -0.3 is 14.8 Å². The van der Waals surface area contributed by atoms with Crippen LogP contribution in [0.15, 0.2) is 41.4 Å². The molecule has 86 valence electrons. The van der Waals surface area contributed by atoms with E-state index in [1.54, 1.807) is 0 Å². The molecule has 3 aromatic rings. The maximum atomic E-state index is 5.71. The minimum atomic E-state index is 0.545. The lowest BCUT2D eigenvalue weighted by Gasteiger charge is -2.03. The molecule has 0 aliphatic carbocycles. The Morgan fingerprint density at radius 3 is 3.00 bits per heavy atom. The molecule has 0 aliphatic rings. The van der Waals surface area contributed by atoms with Gasteiger partial charge in [-0.1, -0.05) is 17.3 Å². The number of aromatic nitrogens is 3. The number of hydrogen-bond donors (Lipinski definition) is 1. The van der Waals surface area contributed by atoms with Crippen LogP contribution in [0.1, 0.15) is 11.4 Å². The summed E-state index contributed by atoms with van der Waals surface area (Å²) in [7, 11) is 0. The van der Waals surface area contributed by atoms with Crippen LogP contribution in [0.25, 0.3) is 10.9 Å². The highest BCUT2D eigenvalue weighted by molar-refractivity contribution is 5.83. The molecule has 0 saturated carbocycles. The van der Waals surface area contributed by atoms with Crippen LogP contribution >= 0.6 is 0 Å². The van der Waals surface area contributed by atoms with Crippen molar-refractivity contribution >= 4 is 10.9 Å². The molecule has 2 heterocycles. The standard InChI is InChI=1S/C12H12N4O/c13-6-9-2-1-3-11-10(9)4-5-16(11)7-12-14-8-17-15-12/h1-5,8H,6-7,13H2. The molecule has 5 heteroatoms. The molecule has 0 bridgehead atoms. The molecule has 0 amide bonds. The zero-order valence-corrected chi connectivity index (χ0v) is 9.21. The molecule has 0 radical (unpaired) electrons. The lowest BCUT2D eigenvalue weighted by molar-refractivity contribution is 0.408. The maximum Gasteiger partial charge on any atom is 0.213 e. The van der Waals surface area contributed by atoms with Crippen LogP contribution in [-0.2, 0) is 13.1 Å². The number of fused-ring (bicyclic) bond motifs is 1. The molecule has 2 aromatic heterocycles. The first kappa shape index (κ1) is 10.0. The van der Waals surface area contributed by atoms with E-state index >= 15 is 0 Å². The Morgan fingerprint density at radius 2 is 2.24 bits per heavy atom. The first-order chi connectivity index (χ1) is 8.38. The van der Waals surface area contributed by atoms with E-state index in [-0.39, 0.29) is 0 Å². The van der Waals surface area contributed by atoms with Crippen molar-refractivity contribution in [1.29, 1.82) is 0 Å². The van der Waals surface area contributed by atoms with Crippen molar-refractivity contribution < 1.29 is 4.52 Å². The second-order valence-electron chi connectivity index (χ2n) is 3.85. The van der Waals surface area contributed by atoms with Crippen molar-refractivity contribution in [3.05, 3.63) is 48.2 Å². The fourth-order valence-corrected chi connectivity index (χ4v) is 2.02. The van der Waals surface area contributed by atoms with Crippen LogP contribution in [0.2, 0.25) is 0 Å². The van der Waals surface area contributed by atoms with Gasteiger partial charge in [0.25, 0.3) is 0 Å². The summed E-state index contributed by atoms with van der Waals surface area (Å²) < 4.78 is 6.81. The van der Waals surface area contributed by atoms with E-state index in [9.17, 15) is 0 Å². The summed E-state index contributed by atoms with van der Waals surface area (Å²) >= 11 is 0. The SMILES string of the molecule is NCc1cccc2c1ccn2Cc1ncon1. The molecular formula is C12H12N4O. The normalized spacial score (nSPS) is 11.1. The van der Waals surface area contributed by atoms with E-state index in [1.165, 1.54) is 11.8 Å². The number of benzene rings is 1. The minimum Gasteiger partial charge on any atom is -0.343 e. The van der Waals surface area contributed by atoms with Crippen molar-refractivity contribution in [3.63, 3.8) is 0 Å². The summed E-state index contributed by atoms with van der Waals surface area (Å²) in [6, 6.07) is 8.18. The zero-order chi connectivity index (χ0) is 11.7. The number of nitrogens with two attached hydrogens (primary N) is 1. The molecule has 0 saturated heterocycles. The summed E-state index contributed by atoms with van der Waals surface area (Å²) in [4.78, 5) is 4.02. The van der Waals surface area contributed by atoms with Crippen LogP contribution in [0.3, 0.4) is 0 Å². The highest BCUT2D eigenvalue weighted by Crippen LogP contribution is 2.20. The van der Waals surface area contributed by atoms with Crippen molar-refractivity contribution in [2.75, 3.05) is 0 Å². The van der Waals surface area contributed by atoms with E-state index in [4.69, 9.17) is 10.3 Å². The largest absolute Gasteiger partial charge is 0.343 e. The van der Waals surface area contributed by atoms with Gasteiger partial charge in [-0.05, 0) is 17.7 Å². The fraction of sp³-hybridized carbons (Fsp3) is 0.167. The fourth-order valence-electron chi connectivity index (χ4n) is 2.02. The van der Waals surface area contributed by atoms with Crippen LogP contribution in [-0.4, -0.2) is 14.7 Å². The molecule has 0 fully saturated rings. The summed E-state index contributed by atoms with van der Waals surface area (Å²) in [5.74, 6) is 0.667. The Hall–Kier alpha value is -2.14. The average molecular weight is 228 g/mol. The summed E-state index contributed by atoms with van der Waals surface area (Å²) in [5, 5.41) is 4.99. The van der Waals surface area contributed by atoms with Gasteiger partial charge in [0.15, 0.2) is 5.82 Å². The predicted molar refractivity (Wildman–Crippen MR) is 63.2 cm³/mol. The number of rotatable bonds is 3. The summed E-state index contributed by atoms with van der Waals surface area (Å²) in [6.45, 7) is 1.15. The molecule has 17 heavy (non-hydrogen) atoms. The molecule has 0 spiro atoms. The lowest BCUT2D eigenvalue weighted by Crippen LogP contribution is -2.00. The van der Waals surface area contributed by atoms with E-state index in [1.807, 2.05) is 18.3 Å². The summed E-state index contributed by atoms with van der Waals surface area (Å²) in [6.07, 6.45) is 3.35. The second-order valence-corrected chi connectivity index (χ2v) is 3.85. The molecule has 1 aromatic carbocycles. The van der Waals surface area contributed by atoms with Crippen molar-refractivity contribution in [2.24, 2.45) is 5.73 Å². The van der Waals surface area contributed by atoms with Crippen LogP contribution in [0, 0.1) is 0 Å². The highest BCUT2D eigenvalue weighted by atomic mass is 16.5. The van der Waals surface area contributed by atoms with E-state index in [2.05, 4.69) is 26.8 Å². The first-order valence-electron chi connectivity index (χ1n) is 5.40. The van der Waals surface area contributed by atoms with Gasteiger partial charge in [-0.25, -0.2) is 0 Å². The number of hydrogen-bond acceptors (Lipinski definition) is 4. The smallest absolute Gasteiger partial charge is 0.213 e. The van der Waals surface area contributed by atoms with Gasteiger partial charge >= 0.3 is 0 Å². The van der Waals surface area contributed by atoms with Gasteiger partial charge in [0.05, 0.1) is 6.54 Å². The Kier molecular flexibility index (Phi) is 2.38. The van der Waals surface area contributed by atoms with E-state index in [0.29, 0.717) is 18.9 Å². The Labute approximate surface area is 97.8 Å². The van der Waals surface area contributed by atoms with Gasteiger partial charge in [-0.15, -0.1) is 0 Å². The second kappa shape index (κ2) is 4.03. The van der Waals surface area contributed by atoms with Crippen LogP contribution in [0.5, 0.6) is 0 Å². The van der Waals surface area contributed by atoms with E-state index < -0.39 is 0 Å². The first-order valence-corrected chi connectivity index (χ1v) is 5.40. The predicted octanol–water partition coefficient (Wildman–Crippen LogP) is 1.53. The topological polar surface area (TPSA) is 69.9 Å². The molecule has 0 aliphatic heterocycles. The third-order valence-electron chi connectivity index (χ3n) is 2.84.